The maximum Gasteiger partial charge on any atom is 0.289 e. The van der Waals surface area contributed by atoms with Gasteiger partial charge < -0.3 is 14.6 Å². The van der Waals surface area contributed by atoms with E-state index < -0.39 is 0 Å². The first-order chi connectivity index (χ1) is 7.70. The Balaban J connectivity index is 1.96. The monoisotopic (exact) mass is 222 g/mol. The summed E-state index contributed by atoms with van der Waals surface area (Å²) in [5, 5.41) is 3.25. The SMILES string of the molecule is CNC1CCN(C(=O)c2ccc(C)o2)CC1. The van der Waals surface area contributed by atoms with E-state index in [2.05, 4.69) is 5.32 Å². The highest BCUT2D eigenvalue weighted by molar-refractivity contribution is 5.91. The fraction of sp³-hybridized carbons (Fsp3) is 0.583. The molecule has 1 N–H and O–H groups in total. The standard InChI is InChI=1S/C12H18N2O2/c1-9-3-4-11(16-9)12(15)14-7-5-10(13-2)6-8-14/h3-4,10,13H,5-8H2,1-2H3. The van der Waals surface area contributed by atoms with Crippen molar-refractivity contribution in [2.75, 3.05) is 20.1 Å². The van der Waals surface area contributed by atoms with Crippen molar-refractivity contribution in [2.24, 2.45) is 0 Å². The van der Waals surface area contributed by atoms with Crippen LogP contribution in [0.2, 0.25) is 0 Å². The smallest absolute Gasteiger partial charge is 0.289 e. The van der Waals surface area contributed by atoms with Gasteiger partial charge in [-0.05, 0) is 38.9 Å². The van der Waals surface area contributed by atoms with Gasteiger partial charge in [-0.1, -0.05) is 0 Å². The van der Waals surface area contributed by atoms with Crippen LogP contribution < -0.4 is 5.32 Å². The van der Waals surface area contributed by atoms with Crippen molar-refractivity contribution >= 4 is 5.91 Å². The molecule has 16 heavy (non-hydrogen) atoms. The topological polar surface area (TPSA) is 45.5 Å². The van der Waals surface area contributed by atoms with Crippen LogP contribution in [0.3, 0.4) is 0 Å². The number of rotatable bonds is 2. The molecular formula is C12H18N2O2. The Morgan fingerprint density at radius 2 is 2.12 bits per heavy atom. The number of hydrogen-bond acceptors (Lipinski definition) is 3. The number of nitrogens with one attached hydrogen (secondary N) is 1. The van der Waals surface area contributed by atoms with E-state index in [-0.39, 0.29) is 5.91 Å². The molecule has 0 saturated carbocycles. The van der Waals surface area contributed by atoms with Crippen molar-refractivity contribution in [1.29, 1.82) is 0 Å². The van der Waals surface area contributed by atoms with E-state index in [1.54, 1.807) is 6.07 Å². The lowest BCUT2D eigenvalue weighted by Crippen LogP contribution is -2.43. The Labute approximate surface area is 95.6 Å². The summed E-state index contributed by atoms with van der Waals surface area (Å²) in [5.74, 6) is 1.26. The first-order valence-corrected chi connectivity index (χ1v) is 5.73. The Morgan fingerprint density at radius 1 is 1.44 bits per heavy atom. The molecule has 0 aliphatic carbocycles. The number of carbonyl (C=O) groups is 1. The molecule has 0 aromatic carbocycles. The Kier molecular flexibility index (Phi) is 3.29. The zero-order valence-electron chi connectivity index (χ0n) is 9.82. The first-order valence-electron chi connectivity index (χ1n) is 5.73. The van der Waals surface area contributed by atoms with Gasteiger partial charge in [0, 0.05) is 19.1 Å². The highest BCUT2D eigenvalue weighted by Gasteiger charge is 2.24. The van der Waals surface area contributed by atoms with Gasteiger partial charge in [0.2, 0.25) is 0 Å². The van der Waals surface area contributed by atoms with Crippen molar-refractivity contribution in [3.63, 3.8) is 0 Å². The lowest BCUT2D eigenvalue weighted by atomic mass is 10.1. The van der Waals surface area contributed by atoms with Crippen LogP contribution in [0.5, 0.6) is 0 Å². The van der Waals surface area contributed by atoms with Gasteiger partial charge in [0.25, 0.3) is 5.91 Å². The molecule has 1 amide bonds. The largest absolute Gasteiger partial charge is 0.456 e. The van der Waals surface area contributed by atoms with Gasteiger partial charge in [-0.3, -0.25) is 4.79 Å². The van der Waals surface area contributed by atoms with Crippen LogP contribution in [0.15, 0.2) is 16.5 Å². The van der Waals surface area contributed by atoms with E-state index in [0.29, 0.717) is 11.8 Å². The van der Waals surface area contributed by atoms with Crippen LogP contribution in [0.4, 0.5) is 0 Å². The fourth-order valence-electron chi connectivity index (χ4n) is 2.08. The van der Waals surface area contributed by atoms with Crippen molar-refractivity contribution in [3.8, 4) is 0 Å². The molecule has 4 heteroatoms. The normalized spacial score (nSPS) is 17.8. The maximum absolute atomic E-state index is 12.0. The molecule has 1 saturated heterocycles. The summed E-state index contributed by atoms with van der Waals surface area (Å²) < 4.78 is 5.34. The molecule has 0 unspecified atom stereocenters. The molecule has 0 radical (unpaired) electrons. The number of piperidine rings is 1. The predicted octanol–water partition coefficient (Wildman–Crippen LogP) is 1.41. The van der Waals surface area contributed by atoms with Crippen molar-refractivity contribution in [2.45, 2.75) is 25.8 Å². The van der Waals surface area contributed by atoms with E-state index in [4.69, 9.17) is 4.42 Å². The summed E-state index contributed by atoms with van der Waals surface area (Å²) in [6.07, 6.45) is 2.03. The first kappa shape index (κ1) is 11.2. The minimum Gasteiger partial charge on any atom is -0.456 e. The number of aryl methyl sites for hydroxylation is 1. The van der Waals surface area contributed by atoms with E-state index in [0.717, 1.165) is 31.7 Å². The highest BCUT2D eigenvalue weighted by atomic mass is 16.3. The molecule has 0 spiro atoms. The summed E-state index contributed by atoms with van der Waals surface area (Å²) in [5.41, 5.74) is 0. The molecular weight excluding hydrogens is 204 g/mol. The zero-order chi connectivity index (χ0) is 11.5. The molecule has 0 atom stereocenters. The average Bonchev–Trinajstić information content (AvgIpc) is 2.75. The van der Waals surface area contributed by atoms with Gasteiger partial charge in [0.05, 0.1) is 0 Å². The third-order valence-corrected chi connectivity index (χ3v) is 3.14. The van der Waals surface area contributed by atoms with Crippen molar-refractivity contribution in [1.82, 2.24) is 10.2 Å². The third kappa shape index (κ3) is 2.27. The molecule has 4 nitrogen and oxygen atoms in total. The average molecular weight is 222 g/mol. The van der Waals surface area contributed by atoms with Gasteiger partial charge in [0.1, 0.15) is 5.76 Å². The second-order valence-electron chi connectivity index (χ2n) is 4.27. The number of carbonyl (C=O) groups excluding carboxylic acids is 1. The van der Waals surface area contributed by atoms with Crippen molar-refractivity contribution in [3.05, 3.63) is 23.7 Å². The predicted molar refractivity (Wildman–Crippen MR) is 61.4 cm³/mol. The van der Waals surface area contributed by atoms with Gasteiger partial charge in [-0.25, -0.2) is 0 Å². The van der Waals surface area contributed by atoms with E-state index in [1.807, 2.05) is 24.9 Å². The lowest BCUT2D eigenvalue weighted by Gasteiger charge is -2.31. The van der Waals surface area contributed by atoms with Crippen LogP contribution in [0.25, 0.3) is 0 Å². The van der Waals surface area contributed by atoms with Gasteiger partial charge in [-0.15, -0.1) is 0 Å². The number of hydrogen-bond donors (Lipinski definition) is 1. The summed E-state index contributed by atoms with van der Waals surface area (Å²) in [6, 6.07) is 4.12. The van der Waals surface area contributed by atoms with Crippen LogP contribution in [0.1, 0.15) is 29.2 Å². The maximum atomic E-state index is 12.0. The van der Waals surface area contributed by atoms with Crippen LogP contribution in [-0.2, 0) is 0 Å². The van der Waals surface area contributed by atoms with E-state index in [9.17, 15) is 4.79 Å². The molecule has 1 fully saturated rings. The number of amides is 1. The Bertz CT molecular complexity index is 365. The minimum atomic E-state index is 0.0163. The molecule has 1 aromatic rings. The van der Waals surface area contributed by atoms with Crippen LogP contribution in [0, 0.1) is 6.92 Å². The molecule has 2 rings (SSSR count). The summed E-state index contributed by atoms with van der Waals surface area (Å²) in [7, 11) is 1.97. The molecule has 88 valence electrons. The van der Waals surface area contributed by atoms with Gasteiger partial charge in [0.15, 0.2) is 5.76 Å². The third-order valence-electron chi connectivity index (χ3n) is 3.14. The molecule has 0 bridgehead atoms. The van der Waals surface area contributed by atoms with Gasteiger partial charge in [-0.2, -0.15) is 0 Å². The van der Waals surface area contributed by atoms with Crippen LogP contribution in [-0.4, -0.2) is 37.0 Å². The van der Waals surface area contributed by atoms with Crippen molar-refractivity contribution < 1.29 is 9.21 Å². The van der Waals surface area contributed by atoms with Gasteiger partial charge >= 0.3 is 0 Å². The number of nitrogens with zero attached hydrogens (tertiary/aromatic N) is 1. The Morgan fingerprint density at radius 3 is 2.62 bits per heavy atom. The zero-order valence-corrected chi connectivity index (χ0v) is 9.82. The molecule has 1 aromatic heterocycles. The highest BCUT2D eigenvalue weighted by Crippen LogP contribution is 2.15. The number of likely N-dealkylation sites (tertiary alicyclic amines) is 1. The molecule has 1 aliphatic heterocycles. The second-order valence-corrected chi connectivity index (χ2v) is 4.27. The van der Waals surface area contributed by atoms with Crippen LogP contribution >= 0.6 is 0 Å². The summed E-state index contributed by atoms with van der Waals surface area (Å²) in [4.78, 5) is 13.9. The summed E-state index contributed by atoms with van der Waals surface area (Å²) >= 11 is 0. The quantitative estimate of drug-likeness (QED) is 0.823. The molecule has 2 heterocycles. The van der Waals surface area contributed by atoms with E-state index in [1.165, 1.54) is 0 Å². The summed E-state index contributed by atoms with van der Waals surface area (Å²) in [6.45, 7) is 3.47. The molecule has 1 aliphatic rings. The second kappa shape index (κ2) is 4.70. The van der Waals surface area contributed by atoms with E-state index >= 15 is 0 Å². The fourth-order valence-corrected chi connectivity index (χ4v) is 2.08. The minimum absolute atomic E-state index is 0.0163. The number of furan rings is 1. The Hall–Kier alpha value is -1.29. The lowest BCUT2D eigenvalue weighted by molar-refractivity contribution is 0.0674.